The number of hydrogen-bond donors (Lipinski definition) is 0. The molecule has 0 amide bonds. The summed E-state index contributed by atoms with van der Waals surface area (Å²) >= 11 is 0. The van der Waals surface area contributed by atoms with E-state index < -0.39 is 34.6 Å². The average Bonchev–Trinajstić information content (AvgIpc) is 2.60. The van der Waals surface area contributed by atoms with Crippen molar-refractivity contribution in [2.24, 2.45) is 7.05 Å². The first kappa shape index (κ1) is 22.3. The van der Waals surface area contributed by atoms with Crippen molar-refractivity contribution >= 4 is 12.2 Å². The van der Waals surface area contributed by atoms with Crippen molar-refractivity contribution in [3.8, 4) is 11.8 Å². The van der Waals surface area contributed by atoms with Crippen molar-refractivity contribution in [1.29, 1.82) is 5.26 Å². The van der Waals surface area contributed by atoms with Crippen LogP contribution in [0.15, 0.2) is 33.9 Å². The largest absolute Gasteiger partial charge is 0.431 e. The van der Waals surface area contributed by atoms with Gasteiger partial charge in [-0.05, 0) is 24.6 Å². The maximum absolute atomic E-state index is 14.3. The number of halogens is 4. The van der Waals surface area contributed by atoms with Gasteiger partial charge in [-0.25, -0.2) is 13.8 Å². The molecule has 0 unspecified atom stereocenters. The van der Waals surface area contributed by atoms with Gasteiger partial charge in [0.1, 0.15) is 11.5 Å². The molecule has 7 nitrogen and oxygen atoms in total. The number of allylic oxidation sites excluding steroid dienone is 1. The maximum Gasteiger partial charge on any atom is 0.431 e. The minimum atomic E-state index is -4.91. The molecule has 0 aliphatic heterocycles. The Morgan fingerprint density at radius 3 is 2.18 bits per heavy atom. The first-order chi connectivity index (χ1) is 13.0. The van der Waals surface area contributed by atoms with E-state index in [-0.39, 0.29) is 27.9 Å². The molecule has 0 bridgehead atoms. The lowest BCUT2D eigenvalue weighted by molar-refractivity contribution is -0.191. The van der Waals surface area contributed by atoms with Crippen molar-refractivity contribution in [2.45, 2.75) is 13.1 Å². The smallest absolute Gasteiger partial charge is 0.292 e. The second-order valence-corrected chi connectivity index (χ2v) is 5.13. The van der Waals surface area contributed by atoms with E-state index in [4.69, 9.17) is 14.9 Å². The van der Waals surface area contributed by atoms with E-state index in [1.54, 1.807) is 19.1 Å². The van der Waals surface area contributed by atoms with Crippen molar-refractivity contribution in [3.63, 3.8) is 0 Å². The van der Waals surface area contributed by atoms with Crippen LogP contribution in [0.25, 0.3) is 11.8 Å². The molecule has 1 aromatic carbocycles. The summed E-state index contributed by atoms with van der Waals surface area (Å²) in [7, 11) is 0.829. The number of alkyl halides is 3. The summed E-state index contributed by atoms with van der Waals surface area (Å²) in [6, 6.07) is 3.85. The molecule has 1 aromatic heterocycles. The first-order valence-corrected chi connectivity index (χ1v) is 7.29. The molecule has 0 saturated heterocycles. The lowest BCUT2D eigenvalue weighted by atomic mass is 10.1. The van der Waals surface area contributed by atoms with Gasteiger partial charge in [0, 0.05) is 13.1 Å². The van der Waals surface area contributed by atoms with Crippen LogP contribution in [0.4, 0.5) is 17.6 Å². The quantitative estimate of drug-likeness (QED) is 0.722. The summed E-state index contributed by atoms with van der Waals surface area (Å²) in [5.41, 5.74) is -4.49. The molecule has 0 spiro atoms. The van der Waals surface area contributed by atoms with Gasteiger partial charge in [-0.1, -0.05) is 12.2 Å². The van der Waals surface area contributed by atoms with E-state index in [9.17, 15) is 27.2 Å². The van der Waals surface area contributed by atoms with Crippen molar-refractivity contribution in [3.05, 3.63) is 67.8 Å². The maximum atomic E-state index is 14.3. The van der Waals surface area contributed by atoms with E-state index in [0.717, 1.165) is 19.2 Å². The van der Waals surface area contributed by atoms with E-state index in [1.807, 2.05) is 0 Å². The molecule has 0 saturated carbocycles. The van der Waals surface area contributed by atoms with Crippen LogP contribution in [0.3, 0.4) is 0 Å². The molecule has 2 rings (SSSR count). The number of benzene rings is 1. The molecule has 0 aliphatic carbocycles. The molecule has 1 heterocycles. The van der Waals surface area contributed by atoms with Gasteiger partial charge in [0.05, 0.1) is 17.3 Å². The summed E-state index contributed by atoms with van der Waals surface area (Å²) in [4.78, 5) is 40.5. The zero-order chi connectivity index (χ0) is 21.6. The number of hydrogen-bond acceptors (Lipinski definition) is 5. The third-order valence-electron chi connectivity index (χ3n) is 3.44. The van der Waals surface area contributed by atoms with Crippen LogP contribution < -0.4 is 11.2 Å². The number of aromatic nitrogens is 2. The Labute approximate surface area is 154 Å². The van der Waals surface area contributed by atoms with Crippen molar-refractivity contribution in [1.82, 2.24) is 9.13 Å². The average molecular weight is 397 g/mol. The Bertz CT molecular complexity index is 1120. The number of nitrogens with zero attached hydrogens (tertiary/aromatic N) is 3. The summed E-state index contributed by atoms with van der Waals surface area (Å²) in [5.74, 6) is -1.08. The Kier molecular flexibility index (Phi) is 6.96. The lowest BCUT2D eigenvalue weighted by Gasteiger charge is -2.14. The fourth-order valence-electron chi connectivity index (χ4n) is 2.28. The van der Waals surface area contributed by atoms with E-state index in [0.29, 0.717) is 4.57 Å². The molecular formula is C17H11F4N3O4. The highest BCUT2D eigenvalue weighted by molar-refractivity contribution is 5.61. The van der Waals surface area contributed by atoms with Gasteiger partial charge in [-0.3, -0.25) is 9.36 Å². The lowest BCUT2D eigenvalue weighted by Crippen LogP contribution is -2.41. The van der Waals surface area contributed by atoms with Crippen LogP contribution in [-0.4, -0.2) is 15.3 Å². The summed E-state index contributed by atoms with van der Waals surface area (Å²) in [6.45, 7) is 1.63. The van der Waals surface area contributed by atoms with Crippen LogP contribution in [0, 0.1) is 17.1 Å². The minimum absolute atomic E-state index is 0.0452. The van der Waals surface area contributed by atoms with Gasteiger partial charge in [-0.15, -0.1) is 0 Å². The van der Waals surface area contributed by atoms with Gasteiger partial charge in [0.15, 0.2) is 0 Å². The van der Waals surface area contributed by atoms with Crippen LogP contribution in [0.2, 0.25) is 0 Å². The zero-order valence-corrected chi connectivity index (χ0v) is 14.4. The number of nitriles is 1. The second-order valence-electron chi connectivity index (χ2n) is 5.13. The molecule has 11 heteroatoms. The summed E-state index contributed by atoms with van der Waals surface area (Å²) in [6.07, 6.45) is -1.67. The Balaban J connectivity index is 0.00000122. The van der Waals surface area contributed by atoms with E-state index in [2.05, 4.69) is 0 Å². The Hall–Kier alpha value is -3.77. The predicted molar refractivity (Wildman–Crippen MR) is 86.7 cm³/mol. The van der Waals surface area contributed by atoms with Crippen LogP contribution in [0.5, 0.6) is 0 Å². The van der Waals surface area contributed by atoms with Crippen LogP contribution >= 0.6 is 0 Å². The van der Waals surface area contributed by atoms with E-state index in [1.165, 1.54) is 6.08 Å². The fourth-order valence-corrected chi connectivity index (χ4v) is 2.28. The van der Waals surface area contributed by atoms with Crippen molar-refractivity contribution < 1.29 is 27.2 Å². The molecule has 0 N–H and O–H groups in total. The van der Waals surface area contributed by atoms with Gasteiger partial charge in [-0.2, -0.15) is 28.0 Å². The highest BCUT2D eigenvalue weighted by Crippen LogP contribution is 2.27. The molecule has 0 radical (unpaired) electrons. The van der Waals surface area contributed by atoms with Gasteiger partial charge >= 0.3 is 18.0 Å². The highest BCUT2D eigenvalue weighted by Gasteiger charge is 2.35. The van der Waals surface area contributed by atoms with Gasteiger partial charge in [0.2, 0.25) is 0 Å². The fraction of sp³-hybridized carbons (Fsp3) is 0.176. The molecule has 0 aliphatic rings. The monoisotopic (exact) mass is 397 g/mol. The standard InChI is InChI=1S/C16H11F4N3O2.CO2/c1-3-4-9-6-12(11(17)5-10(9)8-21)23-14(24)7-13(16(18,19)20)22(2)15(23)25;2-1-3/h3-7H,1-2H3;/b4-3-;. The number of carbonyl (C=O) groups excluding carboxylic acids is 2. The third kappa shape index (κ3) is 4.49. The zero-order valence-electron chi connectivity index (χ0n) is 14.4. The third-order valence-corrected chi connectivity index (χ3v) is 3.44. The van der Waals surface area contributed by atoms with Crippen molar-refractivity contribution in [2.75, 3.05) is 0 Å². The van der Waals surface area contributed by atoms with Gasteiger partial charge < -0.3 is 0 Å². The molecule has 2 aromatic rings. The minimum Gasteiger partial charge on any atom is -0.292 e. The Morgan fingerprint density at radius 2 is 1.71 bits per heavy atom. The molecule has 146 valence electrons. The second kappa shape index (κ2) is 8.75. The Morgan fingerprint density at radius 1 is 1.14 bits per heavy atom. The molecule has 0 fully saturated rings. The highest BCUT2D eigenvalue weighted by atomic mass is 19.4. The summed E-state index contributed by atoms with van der Waals surface area (Å²) in [5, 5.41) is 9.00. The summed E-state index contributed by atoms with van der Waals surface area (Å²) < 4.78 is 53.3. The molecule has 28 heavy (non-hydrogen) atoms. The predicted octanol–water partition coefficient (Wildman–Crippen LogP) is 2.02. The SMILES string of the molecule is C/C=C\c1cc(-n2c(=O)cc(C(F)(F)F)n(C)c2=O)c(F)cc1C#N.O=C=O. The molecule has 0 atom stereocenters. The first-order valence-electron chi connectivity index (χ1n) is 7.29. The van der Waals surface area contributed by atoms with E-state index >= 15 is 0 Å². The molecular weight excluding hydrogens is 386 g/mol. The normalized spacial score (nSPS) is 10.8. The van der Waals surface area contributed by atoms with Crippen LogP contribution in [-0.2, 0) is 22.8 Å². The van der Waals surface area contributed by atoms with Crippen LogP contribution in [0.1, 0.15) is 23.7 Å². The number of rotatable bonds is 2. The van der Waals surface area contributed by atoms with Gasteiger partial charge in [0.25, 0.3) is 5.56 Å². The topological polar surface area (TPSA) is 102 Å².